The summed E-state index contributed by atoms with van der Waals surface area (Å²) >= 11 is 0. The number of nitrogens with two attached hydrogens (primary N) is 1. The van der Waals surface area contributed by atoms with E-state index in [4.69, 9.17) is 10.3 Å². The van der Waals surface area contributed by atoms with Crippen LogP contribution in [-0.2, 0) is 7.05 Å². The normalized spacial score (nSPS) is 10.8. The molecule has 0 atom stereocenters. The molecule has 2 N–H and O–H groups in total. The lowest BCUT2D eigenvalue weighted by molar-refractivity contribution is 0.439. The molecule has 0 amide bonds. The van der Waals surface area contributed by atoms with Gasteiger partial charge in [-0.1, -0.05) is 17.3 Å². The van der Waals surface area contributed by atoms with E-state index in [1.54, 1.807) is 31.4 Å². The molecule has 3 rings (SSSR count). The molecule has 0 aliphatic heterocycles. The summed E-state index contributed by atoms with van der Waals surface area (Å²) in [5.41, 5.74) is 7.91. The number of aromatic nitrogens is 2. The highest BCUT2D eigenvalue weighted by atomic mass is 19.1. The van der Waals surface area contributed by atoms with E-state index >= 15 is 0 Å². The van der Waals surface area contributed by atoms with Crippen LogP contribution >= 0.6 is 0 Å². The van der Waals surface area contributed by atoms with Crippen LogP contribution in [0.3, 0.4) is 0 Å². The van der Waals surface area contributed by atoms with Crippen LogP contribution in [0.5, 0.6) is 0 Å². The highest BCUT2D eigenvalue weighted by Crippen LogP contribution is 2.35. The van der Waals surface area contributed by atoms with E-state index in [9.17, 15) is 9.18 Å². The van der Waals surface area contributed by atoms with Crippen molar-refractivity contribution in [2.45, 2.75) is 0 Å². The van der Waals surface area contributed by atoms with E-state index in [1.165, 1.54) is 22.8 Å². The van der Waals surface area contributed by atoms with Crippen molar-refractivity contribution in [2.75, 3.05) is 5.73 Å². The molecule has 0 saturated carbocycles. The number of hydrogen-bond donors (Lipinski definition) is 1. The molecule has 106 valence electrons. The van der Waals surface area contributed by atoms with Gasteiger partial charge in [-0.15, -0.1) is 0 Å². The Morgan fingerprint density at radius 1 is 1.19 bits per heavy atom. The Bertz CT molecular complexity index is 850. The van der Waals surface area contributed by atoms with E-state index in [2.05, 4.69) is 5.16 Å². The maximum Gasteiger partial charge on any atom is 0.250 e. The Hall–Kier alpha value is -2.89. The zero-order chi connectivity index (χ0) is 15.0. The van der Waals surface area contributed by atoms with Crippen LogP contribution in [0.2, 0.25) is 0 Å². The lowest BCUT2D eigenvalue weighted by atomic mass is 10.0. The Morgan fingerprint density at radius 2 is 1.90 bits per heavy atom. The number of hydrogen-bond acceptors (Lipinski definition) is 4. The fourth-order valence-electron chi connectivity index (χ4n) is 2.09. The second kappa shape index (κ2) is 4.90. The summed E-state index contributed by atoms with van der Waals surface area (Å²) in [6.07, 6.45) is 1.64. The second-order valence-electron chi connectivity index (χ2n) is 4.64. The minimum Gasteiger partial charge on any atom is -0.367 e. The van der Waals surface area contributed by atoms with Gasteiger partial charge in [0.05, 0.1) is 5.56 Å². The summed E-state index contributed by atoms with van der Waals surface area (Å²) in [6.45, 7) is 0. The maximum absolute atomic E-state index is 13.0. The van der Waals surface area contributed by atoms with Gasteiger partial charge in [-0.05, 0) is 23.8 Å². The minimum absolute atomic E-state index is 0.122. The third kappa shape index (κ3) is 2.31. The van der Waals surface area contributed by atoms with Crippen LogP contribution in [0, 0.1) is 5.82 Å². The summed E-state index contributed by atoms with van der Waals surface area (Å²) in [6, 6.07) is 9.02. The molecule has 0 aliphatic carbocycles. The quantitative estimate of drug-likeness (QED) is 0.784. The van der Waals surface area contributed by atoms with Crippen LogP contribution in [0.4, 0.5) is 10.3 Å². The lowest BCUT2D eigenvalue weighted by Crippen LogP contribution is -2.14. The van der Waals surface area contributed by atoms with Gasteiger partial charge in [-0.3, -0.25) is 4.79 Å². The van der Waals surface area contributed by atoms with Crippen molar-refractivity contribution >= 4 is 5.88 Å². The Kier molecular flexibility index (Phi) is 3.06. The molecular weight excluding hydrogens is 273 g/mol. The molecule has 3 aromatic rings. The molecular formula is C15H12FN3O2. The van der Waals surface area contributed by atoms with Gasteiger partial charge in [0, 0.05) is 24.9 Å². The predicted molar refractivity (Wildman–Crippen MR) is 77.0 cm³/mol. The van der Waals surface area contributed by atoms with Gasteiger partial charge in [-0.25, -0.2) is 4.39 Å². The third-order valence-corrected chi connectivity index (χ3v) is 3.23. The fraction of sp³-hybridized carbons (Fsp3) is 0.0667. The molecule has 0 radical (unpaired) electrons. The Labute approximate surface area is 119 Å². The van der Waals surface area contributed by atoms with Crippen molar-refractivity contribution < 1.29 is 8.91 Å². The molecule has 2 heterocycles. The number of rotatable bonds is 2. The Morgan fingerprint density at radius 3 is 2.57 bits per heavy atom. The number of benzene rings is 1. The van der Waals surface area contributed by atoms with Crippen LogP contribution in [-0.4, -0.2) is 9.72 Å². The zero-order valence-corrected chi connectivity index (χ0v) is 11.2. The van der Waals surface area contributed by atoms with Gasteiger partial charge in [0.25, 0.3) is 5.56 Å². The fourth-order valence-corrected chi connectivity index (χ4v) is 2.09. The van der Waals surface area contributed by atoms with Crippen LogP contribution in [0.15, 0.2) is 51.9 Å². The van der Waals surface area contributed by atoms with Crippen LogP contribution < -0.4 is 11.3 Å². The summed E-state index contributed by atoms with van der Waals surface area (Å²) in [7, 11) is 1.66. The average Bonchev–Trinajstić information content (AvgIpc) is 2.85. The van der Waals surface area contributed by atoms with Gasteiger partial charge in [0.15, 0.2) is 0 Å². The van der Waals surface area contributed by atoms with Gasteiger partial charge in [0.1, 0.15) is 11.5 Å². The number of nitrogens with zero attached hydrogens (tertiary/aromatic N) is 2. The first-order valence-corrected chi connectivity index (χ1v) is 6.24. The molecule has 0 fully saturated rings. The van der Waals surface area contributed by atoms with E-state index in [1.807, 2.05) is 0 Å². The molecule has 2 aromatic heterocycles. The number of aryl methyl sites for hydroxylation is 1. The first-order chi connectivity index (χ1) is 10.1. The SMILES string of the molecule is Cn1ccc(-c2noc(N)c2-c2ccc(F)cc2)cc1=O. The van der Waals surface area contributed by atoms with Gasteiger partial charge in [-0.2, -0.15) is 0 Å². The van der Waals surface area contributed by atoms with Gasteiger partial charge >= 0.3 is 0 Å². The first kappa shape index (κ1) is 13.1. The standard InChI is InChI=1S/C15H12FN3O2/c1-19-7-6-10(8-12(19)20)14-13(15(17)21-18-14)9-2-4-11(16)5-3-9/h2-8H,17H2,1H3. The molecule has 0 bridgehead atoms. The molecule has 1 aromatic carbocycles. The number of halogens is 1. The molecule has 0 saturated heterocycles. The van der Waals surface area contributed by atoms with E-state index < -0.39 is 0 Å². The predicted octanol–water partition coefficient (Wildman–Crippen LogP) is 2.43. The monoisotopic (exact) mass is 285 g/mol. The average molecular weight is 285 g/mol. The highest BCUT2D eigenvalue weighted by molar-refractivity contribution is 5.86. The molecule has 6 heteroatoms. The minimum atomic E-state index is -0.344. The van der Waals surface area contributed by atoms with Crippen molar-refractivity contribution in [3.8, 4) is 22.4 Å². The van der Waals surface area contributed by atoms with Crippen molar-refractivity contribution in [3.63, 3.8) is 0 Å². The largest absolute Gasteiger partial charge is 0.367 e. The Balaban J connectivity index is 2.18. The first-order valence-electron chi connectivity index (χ1n) is 6.24. The smallest absolute Gasteiger partial charge is 0.250 e. The van der Waals surface area contributed by atoms with Crippen LogP contribution in [0.25, 0.3) is 22.4 Å². The number of nitrogen functional groups attached to an aromatic ring is 1. The molecule has 5 nitrogen and oxygen atoms in total. The lowest BCUT2D eigenvalue weighted by Gasteiger charge is -2.03. The van der Waals surface area contributed by atoms with Gasteiger partial charge in [0.2, 0.25) is 5.88 Å². The summed E-state index contributed by atoms with van der Waals surface area (Å²) in [4.78, 5) is 11.7. The summed E-state index contributed by atoms with van der Waals surface area (Å²) in [5.74, 6) is -0.221. The van der Waals surface area contributed by atoms with Crippen molar-refractivity contribution in [3.05, 3.63) is 58.8 Å². The van der Waals surface area contributed by atoms with Gasteiger partial charge < -0.3 is 14.8 Å². The maximum atomic E-state index is 13.0. The molecule has 0 aliphatic rings. The van der Waals surface area contributed by atoms with Crippen molar-refractivity contribution in [2.24, 2.45) is 7.05 Å². The van der Waals surface area contributed by atoms with Crippen molar-refractivity contribution in [1.29, 1.82) is 0 Å². The topological polar surface area (TPSA) is 74.1 Å². The second-order valence-corrected chi connectivity index (χ2v) is 4.64. The van der Waals surface area contributed by atoms with E-state index in [0.29, 0.717) is 22.4 Å². The van der Waals surface area contributed by atoms with E-state index in [0.717, 1.165) is 0 Å². The molecule has 0 unspecified atom stereocenters. The third-order valence-electron chi connectivity index (χ3n) is 3.23. The highest BCUT2D eigenvalue weighted by Gasteiger charge is 2.17. The van der Waals surface area contributed by atoms with Crippen LogP contribution in [0.1, 0.15) is 0 Å². The molecule has 0 spiro atoms. The van der Waals surface area contributed by atoms with Crippen molar-refractivity contribution in [1.82, 2.24) is 9.72 Å². The number of anilines is 1. The number of pyridine rings is 1. The summed E-state index contributed by atoms with van der Waals surface area (Å²) in [5, 5.41) is 3.91. The zero-order valence-electron chi connectivity index (χ0n) is 11.2. The summed E-state index contributed by atoms with van der Waals surface area (Å²) < 4.78 is 19.5. The van der Waals surface area contributed by atoms with E-state index in [-0.39, 0.29) is 17.3 Å². The molecule has 21 heavy (non-hydrogen) atoms.